The van der Waals surface area contributed by atoms with Crippen LogP contribution in [0.5, 0.6) is 0 Å². The Hall–Kier alpha value is -2.95. The number of hydrogen-bond donors (Lipinski definition) is 2. The number of Topliss-reactive ketones (excluding diaryl/α,β-unsaturated/α-hetero) is 1. The van der Waals surface area contributed by atoms with Crippen LogP contribution < -0.4 is 10.6 Å². The normalized spacial score (nSPS) is 10.3. The van der Waals surface area contributed by atoms with Gasteiger partial charge in [0.05, 0.1) is 0 Å². The minimum atomic E-state index is -0.765. The number of anilines is 2. The zero-order valence-corrected chi connectivity index (χ0v) is 13.9. The van der Waals surface area contributed by atoms with Crippen LogP contribution in [0.25, 0.3) is 0 Å². The van der Waals surface area contributed by atoms with E-state index in [4.69, 9.17) is 0 Å². The molecule has 0 bridgehead atoms. The fraction of sp³-hybridized carbons (Fsp3) is 0.211. The molecule has 0 aliphatic heterocycles. The van der Waals surface area contributed by atoms with Crippen LogP contribution in [0.1, 0.15) is 42.6 Å². The quantitative estimate of drug-likeness (QED) is 0.666. The molecule has 0 heterocycles. The van der Waals surface area contributed by atoms with Crippen LogP contribution in [-0.4, -0.2) is 17.6 Å². The molecule has 0 saturated carbocycles. The molecule has 0 spiro atoms. The van der Waals surface area contributed by atoms with Gasteiger partial charge in [-0.1, -0.05) is 26.0 Å². The Kier molecular flexibility index (Phi) is 5.47. The molecule has 0 unspecified atom stereocenters. The maximum Gasteiger partial charge on any atom is 0.314 e. The van der Waals surface area contributed by atoms with Gasteiger partial charge in [0.1, 0.15) is 0 Å². The Morgan fingerprint density at radius 3 is 1.54 bits per heavy atom. The van der Waals surface area contributed by atoms with Gasteiger partial charge in [-0.25, -0.2) is 0 Å². The van der Waals surface area contributed by atoms with Gasteiger partial charge in [0, 0.05) is 16.9 Å². The van der Waals surface area contributed by atoms with Crippen molar-refractivity contribution in [2.24, 2.45) is 0 Å². The topological polar surface area (TPSA) is 75.3 Å². The standard InChI is InChI=1S/C19H20N2O3/c1-12(2)14-4-8-16(9-5-14)20-18(23)19(24)21-17-10-6-15(7-11-17)13(3)22/h4-12H,1-3H3,(H,20,23)(H,21,24). The molecule has 0 atom stereocenters. The summed E-state index contributed by atoms with van der Waals surface area (Å²) in [6.45, 7) is 5.63. The molecule has 124 valence electrons. The average molecular weight is 324 g/mol. The largest absolute Gasteiger partial charge is 0.318 e. The maximum atomic E-state index is 11.9. The number of amides is 2. The summed E-state index contributed by atoms with van der Waals surface area (Å²) >= 11 is 0. The zero-order chi connectivity index (χ0) is 17.7. The molecule has 0 aliphatic carbocycles. The van der Waals surface area contributed by atoms with E-state index in [1.165, 1.54) is 6.92 Å². The number of carbonyl (C=O) groups is 3. The van der Waals surface area contributed by atoms with E-state index >= 15 is 0 Å². The summed E-state index contributed by atoms with van der Waals surface area (Å²) in [4.78, 5) is 35.1. The highest BCUT2D eigenvalue weighted by atomic mass is 16.2. The molecule has 2 N–H and O–H groups in total. The van der Waals surface area contributed by atoms with Crippen LogP contribution in [0, 0.1) is 0 Å². The third-order valence-corrected chi connectivity index (χ3v) is 3.59. The van der Waals surface area contributed by atoms with Gasteiger partial charge in [-0.05, 0) is 54.8 Å². The molecule has 0 radical (unpaired) electrons. The first-order chi connectivity index (χ1) is 11.4. The van der Waals surface area contributed by atoms with Crippen LogP contribution in [0.4, 0.5) is 11.4 Å². The van der Waals surface area contributed by atoms with Crippen LogP contribution in [0.15, 0.2) is 48.5 Å². The number of nitrogens with one attached hydrogen (secondary N) is 2. The second-order valence-electron chi connectivity index (χ2n) is 5.82. The summed E-state index contributed by atoms with van der Waals surface area (Å²) in [5.41, 5.74) is 2.72. The molecule has 0 fully saturated rings. The minimum Gasteiger partial charge on any atom is -0.318 e. The predicted molar refractivity (Wildman–Crippen MR) is 94.2 cm³/mol. The molecule has 0 aliphatic rings. The number of benzene rings is 2. The Morgan fingerprint density at radius 2 is 1.17 bits per heavy atom. The zero-order valence-electron chi connectivity index (χ0n) is 13.9. The van der Waals surface area contributed by atoms with Gasteiger partial charge in [0.2, 0.25) is 0 Å². The number of carbonyl (C=O) groups excluding carboxylic acids is 3. The summed E-state index contributed by atoms with van der Waals surface area (Å²) in [5, 5.41) is 5.05. The summed E-state index contributed by atoms with van der Waals surface area (Å²) in [7, 11) is 0. The highest BCUT2D eigenvalue weighted by Gasteiger charge is 2.14. The molecular weight excluding hydrogens is 304 g/mol. The number of hydrogen-bond acceptors (Lipinski definition) is 3. The molecule has 2 rings (SSSR count). The lowest BCUT2D eigenvalue weighted by Crippen LogP contribution is -2.29. The SMILES string of the molecule is CC(=O)c1ccc(NC(=O)C(=O)Nc2ccc(C(C)C)cc2)cc1. The molecule has 2 aromatic carbocycles. The van der Waals surface area contributed by atoms with Crippen LogP contribution in [0.3, 0.4) is 0 Å². The minimum absolute atomic E-state index is 0.0598. The summed E-state index contributed by atoms with van der Waals surface area (Å²) < 4.78 is 0. The molecule has 2 aromatic rings. The van der Waals surface area contributed by atoms with E-state index in [2.05, 4.69) is 24.5 Å². The van der Waals surface area contributed by atoms with E-state index < -0.39 is 11.8 Å². The van der Waals surface area contributed by atoms with Crippen LogP contribution >= 0.6 is 0 Å². The van der Waals surface area contributed by atoms with Crippen molar-refractivity contribution in [1.82, 2.24) is 0 Å². The lowest BCUT2D eigenvalue weighted by molar-refractivity contribution is -0.132. The van der Waals surface area contributed by atoms with Crippen molar-refractivity contribution in [2.75, 3.05) is 10.6 Å². The van der Waals surface area contributed by atoms with Crippen LogP contribution in [-0.2, 0) is 9.59 Å². The molecule has 24 heavy (non-hydrogen) atoms. The predicted octanol–water partition coefficient (Wildman–Crippen LogP) is 3.59. The van der Waals surface area contributed by atoms with Gasteiger partial charge < -0.3 is 10.6 Å². The summed E-state index contributed by atoms with van der Waals surface area (Å²) in [6, 6.07) is 13.7. The van der Waals surface area contributed by atoms with Gasteiger partial charge in [-0.2, -0.15) is 0 Å². The van der Waals surface area contributed by atoms with Gasteiger partial charge in [-0.15, -0.1) is 0 Å². The van der Waals surface area contributed by atoms with E-state index in [1.54, 1.807) is 36.4 Å². The van der Waals surface area contributed by atoms with Crippen molar-refractivity contribution in [3.63, 3.8) is 0 Å². The van der Waals surface area contributed by atoms with Gasteiger partial charge in [0.15, 0.2) is 5.78 Å². The van der Waals surface area contributed by atoms with E-state index in [0.29, 0.717) is 22.9 Å². The number of rotatable bonds is 4. The first-order valence-electron chi connectivity index (χ1n) is 7.70. The van der Waals surface area contributed by atoms with Crippen molar-refractivity contribution in [2.45, 2.75) is 26.7 Å². The Bertz CT molecular complexity index is 747. The molecule has 2 amide bonds. The fourth-order valence-corrected chi connectivity index (χ4v) is 2.12. The third-order valence-electron chi connectivity index (χ3n) is 3.59. The van der Waals surface area contributed by atoms with Gasteiger partial charge in [-0.3, -0.25) is 14.4 Å². The van der Waals surface area contributed by atoms with Crippen molar-refractivity contribution >= 4 is 29.0 Å². The van der Waals surface area contributed by atoms with Crippen molar-refractivity contribution in [3.05, 3.63) is 59.7 Å². The molecule has 5 nitrogen and oxygen atoms in total. The Balaban J connectivity index is 1.96. The maximum absolute atomic E-state index is 11.9. The number of ketones is 1. The second kappa shape index (κ2) is 7.55. The third kappa shape index (κ3) is 4.52. The van der Waals surface area contributed by atoms with E-state index in [-0.39, 0.29) is 5.78 Å². The van der Waals surface area contributed by atoms with Crippen LogP contribution in [0.2, 0.25) is 0 Å². The molecule has 0 saturated heterocycles. The molecule has 5 heteroatoms. The Morgan fingerprint density at radius 1 is 0.750 bits per heavy atom. The smallest absolute Gasteiger partial charge is 0.314 e. The first-order valence-corrected chi connectivity index (χ1v) is 7.70. The van der Waals surface area contributed by atoms with Crippen molar-refractivity contribution in [3.8, 4) is 0 Å². The van der Waals surface area contributed by atoms with Gasteiger partial charge in [0.25, 0.3) is 0 Å². The average Bonchev–Trinajstić information content (AvgIpc) is 2.55. The molecule has 0 aromatic heterocycles. The first kappa shape index (κ1) is 17.4. The second-order valence-corrected chi connectivity index (χ2v) is 5.82. The molecular formula is C19H20N2O3. The highest BCUT2D eigenvalue weighted by molar-refractivity contribution is 6.43. The van der Waals surface area contributed by atoms with Crippen molar-refractivity contribution < 1.29 is 14.4 Å². The summed E-state index contributed by atoms with van der Waals surface area (Å²) in [6.07, 6.45) is 0. The van der Waals surface area contributed by atoms with Crippen molar-refractivity contribution in [1.29, 1.82) is 0 Å². The fourth-order valence-electron chi connectivity index (χ4n) is 2.12. The highest BCUT2D eigenvalue weighted by Crippen LogP contribution is 2.17. The lowest BCUT2D eigenvalue weighted by atomic mass is 10.0. The van der Waals surface area contributed by atoms with Gasteiger partial charge >= 0.3 is 11.8 Å². The van der Waals surface area contributed by atoms with E-state index in [1.807, 2.05) is 12.1 Å². The Labute approximate surface area is 141 Å². The monoisotopic (exact) mass is 324 g/mol. The van der Waals surface area contributed by atoms with E-state index in [0.717, 1.165) is 5.56 Å². The lowest BCUT2D eigenvalue weighted by Gasteiger charge is -2.09. The summed E-state index contributed by atoms with van der Waals surface area (Å²) in [5.74, 6) is -1.17. The van der Waals surface area contributed by atoms with E-state index in [9.17, 15) is 14.4 Å².